The molecule has 0 aliphatic heterocycles. The lowest BCUT2D eigenvalue weighted by molar-refractivity contribution is -0.137. The first kappa shape index (κ1) is 15.3. The Hall–Kier alpha value is -1.71. The molecule has 0 spiro atoms. The van der Waals surface area contributed by atoms with Crippen molar-refractivity contribution in [1.82, 2.24) is 0 Å². The van der Waals surface area contributed by atoms with Gasteiger partial charge in [0.05, 0.1) is 14.2 Å². The number of methoxy groups -OCH3 is 2. The second kappa shape index (κ2) is 8.40. The van der Waals surface area contributed by atoms with Crippen LogP contribution in [0.1, 0.15) is 37.7 Å². The van der Waals surface area contributed by atoms with Gasteiger partial charge in [0.2, 0.25) is 0 Å². The van der Waals surface area contributed by atoms with Gasteiger partial charge < -0.3 is 14.6 Å². The van der Waals surface area contributed by atoms with E-state index in [0.717, 1.165) is 43.6 Å². The van der Waals surface area contributed by atoms with Crippen LogP contribution in [0.2, 0.25) is 0 Å². The van der Waals surface area contributed by atoms with Crippen LogP contribution in [0, 0.1) is 0 Å². The zero-order valence-electron chi connectivity index (χ0n) is 11.6. The lowest BCUT2D eigenvalue weighted by atomic mass is 10.0. The number of carboxylic acid groups (broad SMARTS) is 1. The zero-order chi connectivity index (χ0) is 14.1. The van der Waals surface area contributed by atoms with Crippen molar-refractivity contribution in [3.8, 4) is 11.5 Å². The first-order chi connectivity index (χ1) is 9.17. The molecule has 0 fully saturated rings. The van der Waals surface area contributed by atoms with Gasteiger partial charge in [0.1, 0.15) is 0 Å². The van der Waals surface area contributed by atoms with Crippen LogP contribution in [0.5, 0.6) is 11.5 Å². The van der Waals surface area contributed by atoms with Gasteiger partial charge in [-0.05, 0) is 37.0 Å². The van der Waals surface area contributed by atoms with Crippen molar-refractivity contribution in [2.24, 2.45) is 0 Å². The van der Waals surface area contributed by atoms with Gasteiger partial charge in [-0.2, -0.15) is 0 Å². The summed E-state index contributed by atoms with van der Waals surface area (Å²) < 4.78 is 10.4. The fourth-order valence-electron chi connectivity index (χ4n) is 2.00. The lowest BCUT2D eigenvalue weighted by Crippen LogP contribution is -1.94. The smallest absolute Gasteiger partial charge is 0.303 e. The number of hydrogen-bond donors (Lipinski definition) is 1. The average molecular weight is 266 g/mol. The quantitative estimate of drug-likeness (QED) is 0.697. The number of hydrogen-bond acceptors (Lipinski definition) is 3. The van der Waals surface area contributed by atoms with E-state index in [1.54, 1.807) is 14.2 Å². The third kappa shape index (κ3) is 5.64. The summed E-state index contributed by atoms with van der Waals surface area (Å²) in [6, 6.07) is 5.95. The Kier molecular flexibility index (Phi) is 6.79. The van der Waals surface area contributed by atoms with Crippen LogP contribution in [-0.2, 0) is 11.2 Å². The van der Waals surface area contributed by atoms with Gasteiger partial charge in [-0.15, -0.1) is 0 Å². The first-order valence-corrected chi connectivity index (χ1v) is 6.60. The van der Waals surface area contributed by atoms with Crippen molar-refractivity contribution in [3.63, 3.8) is 0 Å². The molecule has 0 aliphatic carbocycles. The lowest BCUT2D eigenvalue weighted by Gasteiger charge is -2.09. The van der Waals surface area contributed by atoms with E-state index in [1.807, 2.05) is 18.2 Å². The maximum absolute atomic E-state index is 10.4. The molecule has 106 valence electrons. The average Bonchev–Trinajstić information content (AvgIpc) is 2.42. The van der Waals surface area contributed by atoms with Crippen LogP contribution in [-0.4, -0.2) is 25.3 Å². The minimum Gasteiger partial charge on any atom is -0.493 e. The number of unbranched alkanes of at least 4 members (excludes halogenated alkanes) is 3. The topological polar surface area (TPSA) is 55.8 Å². The second-order valence-corrected chi connectivity index (χ2v) is 4.50. The highest BCUT2D eigenvalue weighted by atomic mass is 16.5. The van der Waals surface area contributed by atoms with Crippen LogP contribution in [0.3, 0.4) is 0 Å². The highest BCUT2D eigenvalue weighted by Gasteiger charge is 2.04. The first-order valence-electron chi connectivity index (χ1n) is 6.60. The normalized spacial score (nSPS) is 10.2. The van der Waals surface area contributed by atoms with E-state index in [9.17, 15) is 4.79 Å². The summed E-state index contributed by atoms with van der Waals surface area (Å²) in [5, 5.41) is 8.53. The molecule has 19 heavy (non-hydrogen) atoms. The number of ether oxygens (including phenoxy) is 2. The second-order valence-electron chi connectivity index (χ2n) is 4.50. The van der Waals surface area contributed by atoms with E-state index in [1.165, 1.54) is 5.56 Å². The highest BCUT2D eigenvalue weighted by Crippen LogP contribution is 2.28. The summed E-state index contributed by atoms with van der Waals surface area (Å²) in [4.78, 5) is 10.4. The van der Waals surface area contributed by atoms with Gasteiger partial charge in [0, 0.05) is 6.42 Å². The maximum Gasteiger partial charge on any atom is 0.303 e. The van der Waals surface area contributed by atoms with Crippen molar-refractivity contribution < 1.29 is 19.4 Å². The molecule has 1 aromatic carbocycles. The van der Waals surface area contributed by atoms with Crippen LogP contribution in [0.15, 0.2) is 18.2 Å². The summed E-state index contributed by atoms with van der Waals surface area (Å²) >= 11 is 0. The van der Waals surface area contributed by atoms with Gasteiger partial charge in [-0.25, -0.2) is 0 Å². The molecule has 0 bridgehead atoms. The van der Waals surface area contributed by atoms with Gasteiger partial charge in [-0.3, -0.25) is 4.79 Å². The summed E-state index contributed by atoms with van der Waals surface area (Å²) in [5.41, 5.74) is 1.22. The largest absolute Gasteiger partial charge is 0.493 e. The number of carbonyl (C=O) groups is 1. The van der Waals surface area contributed by atoms with Crippen molar-refractivity contribution in [2.45, 2.75) is 38.5 Å². The van der Waals surface area contributed by atoms with Gasteiger partial charge >= 0.3 is 5.97 Å². The fraction of sp³-hybridized carbons (Fsp3) is 0.533. The van der Waals surface area contributed by atoms with Gasteiger partial charge in [0.15, 0.2) is 11.5 Å². The Balaban J connectivity index is 2.31. The molecule has 0 amide bonds. The van der Waals surface area contributed by atoms with E-state index in [-0.39, 0.29) is 6.42 Å². The Labute approximate surface area is 114 Å². The van der Waals surface area contributed by atoms with E-state index >= 15 is 0 Å². The van der Waals surface area contributed by atoms with E-state index < -0.39 is 5.97 Å². The third-order valence-electron chi connectivity index (χ3n) is 3.05. The molecule has 0 saturated heterocycles. The Morgan fingerprint density at radius 2 is 1.74 bits per heavy atom. The number of benzene rings is 1. The van der Waals surface area contributed by atoms with Crippen LogP contribution >= 0.6 is 0 Å². The molecule has 0 atom stereocenters. The Morgan fingerprint density at radius 3 is 2.37 bits per heavy atom. The standard InChI is InChI=1S/C15H22O4/c1-18-13-10-9-12(11-14(13)19-2)7-5-3-4-6-8-15(16)17/h9-11H,3-8H2,1-2H3,(H,16,17). The third-order valence-corrected chi connectivity index (χ3v) is 3.05. The predicted octanol–water partition coefficient (Wildman–Crippen LogP) is 3.28. The fourth-order valence-corrected chi connectivity index (χ4v) is 2.00. The van der Waals surface area contributed by atoms with Crippen LogP contribution < -0.4 is 9.47 Å². The molecule has 4 heteroatoms. The number of aryl methyl sites for hydroxylation is 1. The van der Waals surface area contributed by atoms with Crippen LogP contribution in [0.25, 0.3) is 0 Å². The molecule has 4 nitrogen and oxygen atoms in total. The van der Waals surface area contributed by atoms with Crippen molar-refractivity contribution >= 4 is 5.97 Å². The monoisotopic (exact) mass is 266 g/mol. The number of rotatable bonds is 9. The summed E-state index contributed by atoms with van der Waals surface area (Å²) in [6.45, 7) is 0. The molecular weight excluding hydrogens is 244 g/mol. The minimum atomic E-state index is -0.708. The molecule has 0 saturated carbocycles. The zero-order valence-corrected chi connectivity index (χ0v) is 11.6. The molecule has 0 heterocycles. The van der Waals surface area contributed by atoms with Gasteiger partial charge in [0.25, 0.3) is 0 Å². The van der Waals surface area contributed by atoms with E-state index in [2.05, 4.69) is 0 Å². The molecule has 0 unspecified atom stereocenters. The molecule has 1 N–H and O–H groups in total. The minimum absolute atomic E-state index is 0.274. The van der Waals surface area contributed by atoms with Crippen molar-refractivity contribution in [2.75, 3.05) is 14.2 Å². The maximum atomic E-state index is 10.4. The SMILES string of the molecule is COc1ccc(CCCCCCC(=O)O)cc1OC. The van der Waals surface area contributed by atoms with Gasteiger partial charge in [-0.1, -0.05) is 18.9 Å². The molecular formula is C15H22O4. The summed E-state index contributed by atoms with van der Waals surface area (Å²) in [6.07, 6.45) is 5.11. The summed E-state index contributed by atoms with van der Waals surface area (Å²) in [7, 11) is 3.26. The van der Waals surface area contributed by atoms with Crippen molar-refractivity contribution in [3.05, 3.63) is 23.8 Å². The van der Waals surface area contributed by atoms with Crippen molar-refractivity contribution in [1.29, 1.82) is 0 Å². The van der Waals surface area contributed by atoms with E-state index in [0.29, 0.717) is 0 Å². The number of carboxylic acids is 1. The van der Waals surface area contributed by atoms with E-state index in [4.69, 9.17) is 14.6 Å². The Morgan fingerprint density at radius 1 is 1.05 bits per heavy atom. The molecule has 1 rings (SSSR count). The predicted molar refractivity (Wildman–Crippen MR) is 74.0 cm³/mol. The Bertz CT molecular complexity index is 401. The highest BCUT2D eigenvalue weighted by molar-refractivity contribution is 5.66. The molecule has 0 aromatic heterocycles. The number of aliphatic carboxylic acids is 1. The molecule has 1 aromatic rings. The molecule has 0 radical (unpaired) electrons. The summed E-state index contributed by atoms with van der Waals surface area (Å²) in [5.74, 6) is 0.790. The van der Waals surface area contributed by atoms with Crippen LogP contribution in [0.4, 0.5) is 0 Å². The molecule has 0 aliphatic rings.